The van der Waals surface area contributed by atoms with Crippen LogP contribution in [0.4, 0.5) is 0 Å². The average Bonchev–Trinajstić information content (AvgIpc) is 2.58. The zero-order valence-corrected chi connectivity index (χ0v) is 13.8. The van der Waals surface area contributed by atoms with E-state index in [1.165, 1.54) is 10.9 Å². The van der Waals surface area contributed by atoms with Crippen molar-refractivity contribution in [3.63, 3.8) is 0 Å². The van der Waals surface area contributed by atoms with Gasteiger partial charge in [0.2, 0.25) is 0 Å². The molecule has 0 aliphatic rings. The molecule has 0 saturated heterocycles. The number of para-hydroxylation sites is 1. The molecule has 0 fully saturated rings. The van der Waals surface area contributed by atoms with Crippen LogP contribution in [-0.2, 0) is 6.42 Å². The number of nitrogens with zero attached hydrogens (tertiary/aromatic N) is 1. The molecule has 0 N–H and O–H groups in total. The maximum absolute atomic E-state index is 4.44. The lowest BCUT2D eigenvalue weighted by atomic mass is 10.0. The van der Waals surface area contributed by atoms with Crippen LogP contribution < -0.4 is 0 Å². The van der Waals surface area contributed by atoms with Crippen LogP contribution in [0.3, 0.4) is 0 Å². The van der Waals surface area contributed by atoms with E-state index < -0.39 is 0 Å². The zero-order chi connectivity index (χ0) is 16.1. The Morgan fingerprint density at radius 2 is 1.76 bits per heavy atom. The molecule has 1 heteroatoms. The lowest BCUT2D eigenvalue weighted by molar-refractivity contribution is 1.17. The molecule has 1 heterocycles. The predicted octanol–water partition coefficient (Wildman–Crippen LogP) is 6.13. The van der Waals surface area contributed by atoms with Crippen molar-refractivity contribution in [2.45, 2.75) is 34.1 Å². The van der Waals surface area contributed by atoms with Crippen LogP contribution in [0, 0.1) is 0 Å². The van der Waals surface area contributed by atoms with Gasteiger partial charge in [0.25, 0.3) is 0 Å². The average molecular weight is 281 g/mol. The van der Waals surface area contributed by atoms with Crippen molar-refractivity contribution in [2.75, 3.05) is 0 Å². The van der Waals surface area contributed by atoms with Gasteiger partial charge in [0.1, 0.15) is 0 Å². The van der Waals surface area contributed by atoms with E-state index in [0.29, 0.717) is 0 Å². The number of aromatic nitrogens is 1. The van der Waals surface area contributed by atoms with Gasteiger partial charge >= 0.3 is 0 Å². The van der Waals surface area contributed by atoms with Crippen molar-refractivity contribution in [3.8, 4) is 0 Å². The molecule has 2 rings (SSSR count). The van der Waals surface area contributed by atoms with Gasteiger partial charge in [0.05, 0.1) is 5.52 Å². The van der Waals surface area contributed by atoms with E-state index in [0.717, 1.165) is 17.5 Å². The van der Waals surface area contributed by atoms with Crippen molar-refractivity contribution >= 4 is 10.9 Å². The minimum absolute atomic E-state index is 0.841. The number of hydrogen-bond donors (Lipinski definition) is 0. The second-order valence-corrected chi connectivity index (χ2v) is 3.89. The molecule has 0 saturated carbocycles. The van der Waals surface area contributed by atoms with Gasteiger partial charge in [0.15, 0.2) is 0 Å². The fraction of sp³-hybridized carbons (Fsp3) is 0.250. The van der Waals surface area contributed by atoms with Crippen LogP contribution in [0.25, 0.3) is 10.9 Å². The van der Waals surface area contributed by atoms with Crippen molar-refractivity contribution in [1.29, 1.82) is 0 Å². The van der Waals surface area contributed by atoms with Crippen LogP contribution in [0.2, 0.25) is 0 Å². The van der Waals surface area contributed by atoms with Gasteiger partial charge in [-0.3, -0.25) is 4.98 Å². The second kappa shape index (κ2) is 11.7. The number of rotatable bonds is 4. The van der Waals surface area contributed by atoms with E-state index in [4.69, 9.17) is 0 Å². The number of benzene rings is 1. The lowest BCUT2D eigenvalue weighted by Gasteiger charge is -2.03. The molecule has 0 radical (unpaired) electrons. The molecular formula is C20H27N. The highest BCUT2D eigenvalue weighted by molar-refractivity contribution is 5.78. The minimum Gasteiger partial charge on any atom is -0.256 e. The number of pyridine rings is 1. The standard InChI is InChI=1S/C16H15N.2C2H6/c1-3-7-13(4-2)10-14-11-15-8-5-6-9-16(15)17-12-14;2*1-2/h3-9,11-12H,1-2,10H2;2*1-2H3/b13-7+;;. The summed E-state index contributed by atoms with van der Waals surface area (Å²) in [6.07, 6.45) is 8.38. The van der Waals surface area contributed by atoms with Crippen molar-refractivity contribution in [1.82, 2.24) is 4.98 Å². The number of hydrogen-bond acceptors (Lipinski definition) is 1. The highest BCUT2D eigenvalue weighted by Crippen LogP contribution is 2.15. The summed E-state index contributed by atoms with van der Waals surface area (Å²) in [5.41, 5.74) is 3.37. The molecular weight excluding hydrogens is 254 g/mol. The summed E-state index contributed by atoms with van der Waals surface area (Å²) in [5.74, 6) is 0. The number of fused-ring (bicyclic) bond motifs is 1. The first kappa shape index (κ1) is 18.9. The molecule has 1 aromatic carbocycles. The highest BCUT2D eigenvalue weighted by Gasteiger charge is 1.99. The van der Waals surface area contributed by atoms with E-state index in [1.54, 1.807) is 6.08 Å². The van der Waals surface area contributed by atoms with Crippen LogP contribution in [0.1, 0.15) is 33.3 Å². The van der Waals surface area contributed by atoms with Crippen molar-refractivity contribution in [2.24, 2.45) is 0 Å². The Hall–Kier alpha value is -2.15. The fourth-order valence-electron chi connectivity index (χ4n) is 1.80. The molecule has 0 amide bonds. The van der Waals surface area contributed by atoms with Gasteiger partial charge in [-0.05, 0) is 29.7 Å². The molecule has 0 spiro atoms. The van der Waals surface area contributed by atoms with E-state index >= 15 is 0 Å². The molecule has 0 aliphatic carbocycles. The summed E-state index contributed by atoms with van der Waals surface area (Å²) in [6.45, 7) is 15.5. The van der Waals surface area contributed by atoms with Gasteiger partial charge in [-0.2, -0.15) is 0 Å². The Labute approximate surface area is 129 Å². The van der Waals surface area contributed by atoms with Gasteiger partial charge in [-0.25, -0.2) is 0 Å². The van der Waals surface area contributed by atoms with Crippen LogP contribution in [0.15, 0.2) is 73.5 Å². The molecule has 2 aromatic rings. The SMILES string of the molecule is C=C/C=C(\C=C)Cc1cnc2ccccc2c1.CC.CC. The zero-order valence-electron chi connectivity index (χ0n) is 13.8. The van der Waals surface area contributed by atoms with Crippen LogP contribution in [-0.4, -0.2) is 4.98 Å². The molecule has 21 heavy (non-hydrogen) atoms. The summed E-state index contributed by atoms with van der Waals surface area (Å²) in [4.78, 5) is 4.44. The summed E-state index contributed by atoms with van der Waals surface area (Å²) >= 11 is 0. The molecule has 0 bridgehead atoms. The Kier molecular flexibility index (Phi) is 10.5. The molecule has 1 nitrogen and oxygen atoms in total. The third-order valence-corrected chi connectivity index (χ3v) is 2.65. The van der Waals surface area contributed by atoms with E-state index in [2.05, 4.69) is 30.3 Å². The monoisotopic (exact) mass is 281 g/mol. The molecule has 112 valence electrons. The normalized spacial score (nSPS) is 9.81. The van der Waals surface area contributed by atoms with Crippen LogP contribution >= 0.6 is 0 Å². The summed E-state index contributed by atoms with van der Waals surface area (Å²) in [6, 6.07) is 10.3. The third-order valence-electron chi connectivity index (χ3n) is 2.65. The third kappa shape index (κ3) is 6.22. The maximum atomic E-state index is 4.44. The lowest BCUT2D eigenvalue weighted by Crippen LogP contribution is -1.90. The Balaban J connectivity index is 0.000000921. The summed E-state index contributed by atoms with van der Waals surface area (Å²) in [7, 11) is 0. The Morgan fingerprint density at radius 3 is 2.38 bits per heavy atom. The van der Waals surface area contributed by atoms with Gasteiger partial charge in [0, 0.05) is 11.6 Å². The van der Waals surface area contributed by atoms with E-state index in [1.807, 2.05) is 64.2 Å². The molecule has 0 aliphatic heterocycles. The summed E-state index contributed by atoms with van der Waals surface area (Å²) in [5, 5.41) is 1.17. The Morgan fingerprint density at radius 1 is 1.10 bits per heavy atom. The van der Waals surface area contributed by atoms with Gasteiger partial charge in [-0.15, -0.1) is 0 Å². The van der Waals surface area contributed by atoms with Crippen molar-refractivity contribution < 1.29 is 0 Å². The molecule has 1 aromatic heterocycles. The topological polar surface area (TPSA) is 12.9 Å². The maximum Gasteiger partial charge on any atom is 0.0702 e. The first-order valence-corrected chi connectivity index (χ1v) is 7.61. The first-order valence-electron chi connectivity index (χ1n) is 7.61. The first-order chi connectivity index (χ1) is 10.3. The highest BCUT2D eigenvalue weighted by atomic mass is 14.6. The number of allylic oxidation sites excluding steroid dienone is 4. The smallest absolute Gasteiger partial charge is 0.0702 e. The van der Waals surface area contributed by atoms with Gasteiger partial charge < -0.3 is 0 Å². The second-order valence-electron chi connectivity index (χ2n) is 3.89. The quantitative estimate of drug-likeness (QED) is 0.614. The van der Waals surface area contributed by atoms with Crippen molar-refractivity contribution in [3.05, 3.63) is 79.1 Å². The fourth-order valence-corrected chi connectivity index (χ4v) is 1.80. The Bertz CT molecular complexity index is 579. The predicted molar refractivity (Wildman–Crippen MR) is 96.6 cm³/mol. The van der Waals surface area contributed by atoms with E-state index in [-0.39, 0.29) is 0 Å². The molecule has 0 atom stereocenters. The minimum atomic E-state index is 0.841. The summed E-state index contributed by atoms with van der Waals surface area (Å²) < 4.78 is 0. The van der Waals surface area contributed by atoms with E-state index in [9.17, 15) is 0 Å². The molecule has 0 unspecified atom stereocenters. The van der Waals surface area contributed by atoms with Gasteiger partial charge in [-0.1, -0.05) is 77.3 Å². The van der Waals surface area contributed by atoms with Crippen LogP contribution in [0.5, 0.6) is 0 Å². The largest absolute Gasteiger partial charge is 0.256 e.